The van der Waals surface area contributed by atoms with Crippen LogP contribution in [0, 0.1) is 0 Å². The van der Waals surface area contributed by atoms with Crippen LogP contribution in [0.2, 0.25) is 0 Å². The standard InChI is InChI=1S/C17H24N2O3/c1-13-17(22)18(2)11-15(12-20)19(13)16(21)10-6-9-14-7-4-3-5-8-14/h3-5,7-8,13,15,20H,6,9-12H2,1-2H3/t13-,15+/m0/s1. The molecule has 1 aromatic carbocycles. The van der Waals surface area contributed by atoms with E-state index < -0.39 is 6.04 Å². The molecule has 120 valence electrons. The minimum atomic E-state index is -0.500. The molecule has 1 saturated heterocycles. The largest absolute Gasteiger partial charge is 0.394 e. The van der Waals surface area contributed by atoms with Crippen molar-refractivity contribution in [3.05, 3.63) is 35.9 Å². The highest BCUT2D eigenvalue weighted by Gasteiger charge is 2.38. The highest BCUT2D eigenvalue weighted by Crippen LogP contribution is 2.18. The molecule has 1 aliphatic heterocycles. The number of carbonyl (C=O) groups is 2. The van der Waals surface area contributed by atoms with E-state index in [9.17, 15) is 14.7 Å². The highest BCUT2D eigenvalue weighted by atomic mass is 16.3. The second kappa shape index (κ2) is 7.40. The Labute approximate surface area is 131 Å². The minimum Gasteiger partial charge on any atom is -0.394 e. The van der Waals surface area contributed by atoms with E-state index in [1.807, 2.05) is 30.3 Å². The first-order chi connectivity index (χ1) is 10.5. The lowest BCUT2D eigenvalue weighted by Crippen LogP contribution is -2.62. The van der Waals surface area contributed by atoms with Gasteiger partial charge in [0.1, 0.15) is 6.04 Å². The van der Waals surface area contributed by atoms with E-state index in [1.165, 1.54) is 5.56 Å². The Bertz CT molecular complexity index is 518. The van der Waals surface area contributed by atoms with Gasteiger partial charge in [0.15, 0.2) is 0 Å². The van der Waals surface area contributed by atoms with E-state index in [0.717, 1.165) is 12.8 Å². The fraction of sp³-hybridized carbons (Fsp3) is 0.529. The van der Waals surface area contributed by atoms with E-state index in [1.54, 1.807) is 23.8 Å². The summed E-state index contributed by atoms with van der Waals surface area (Å²) >= 11 is 0. The van der Waals surface area contributed by atoms with Crippen LogP contribution < -0.4 is 0 Å². The van der Waals surface area contributed by atoms with Gasteiger partial charge in [-0.15, -0.1) is 0 Å². The highest BCUT2D eigenvalue weighted by molar-refractivity contribution is 5.88. The van der Waals surface area contributed by atoms with Crippen molar-refractivity contribution in [1.82, 2.24) is 9.80 Å². The maximum absolute atomic E-state index is 12.5. The van der Waals surface area contributed by atoms with Crippen LogP contribution in [0.1, 0.15) is 25.3 Å². The number of carbonyl (C=O) groups excluding carboxylic acids is 2. The third kappa shape index (κ3) is 3.65. The Kier molecular flexibility index (Phi) is 5.55. The van der Waals surface area contributed by atoms with Crippen LogP contribution in [0.15, 0.2) is 30.3 Å². The average Bonchev–Trinajstić information content (AvgIpc) is 2.53. The summed E-state index contributed by atoms with van der Waals surface area (Å²) in [5, 5.41) is 9.50. The van der Waals surface area contributed by atoms with Crippen LogP contribution in [0.4, 0.5) is 0 Å². The minimum absolute atomic E-state index is 0.0519. The van der Waals surface area contributed by atoms with Gasteiger partial charge in [0.25, 0.3) is 0 Å². The molecule has 0 spiro atoms. The van der Waals surface area contributed by atoms with Crippen molar-refractivity contribution in [2.45, 2.75) is 38.3 Å². The van der Waals surface area contributed by atoms with Gasteiger partial charge in [-0.25, -0.2) is 0 Å². The Morgan fingerprint density at radius 3 is 2.64 bits per heavy atom. The van der Waals surface area contributed by atoms with Crippen molar-refractivity contribution in [2.24, 2.45) is 0 Å². The maximum Gasteiger partial charge on any atom is 0.244 e. The summed E-state index contributed by atoms with van der Waals surface area (Å²) in [6.07, 6.45) is 1.98. The van der Waals surface area contributed by atoms with E-state index >= 15 is 0 Å². The molecular weight excluding hydrogens is 280 g/mol. The second-order valence-electron chi connectivity index (χ2n) is 5.87. The molecule has 22 heavy (non-hydrogen) atoms. The Morgan fingerprint density at radius 1 is 1.32 bits per heavy atom. The van der Waals surface area contributed by atoms with E-state index in [4.69, 9.17) is 0 Å². The molecule has 1 aliphatic rings. The Morgan fingerprint density at radius 2 is 2.00 bits per heavy atom. The molecule has 0 unspecified atom stereocenters. The van der Waals surface area contributed by atoms with Gasteiger partial charge in [-0.05, 0) is 25.3 Å². The number of hydrogen-bond donors (Lipinski definition) is 1. The van der Waals surface area contributed by atoms with Gasteiger partial charge in [0.2, 0.25) is 11.8 Å². The molecular formula is C17H24N2O3. The molecule has 5 heteroatoms. The van der Waals surface area contributed by atoms with Gasteiger partial charge in [-0.1, -0.05) is 30.3 Å². The van der Waals surface area contributed by atoms with Crippen molar-refractivity contribution in [3.63, 3.8) is 0 Å². The predicted octanol–water partition coefficient (Wildman–Crippen LogP) is 1.06. The molecule has 2 amide bonds. The molecule has 1 fully saturated rings. The summed E-state index contributed by atoms with van der Waals surface area (Å²) in [7, 11) is 1.71. The Balaban J connectivity index is 1.93. The molecule has 0 bridgehead atoms. The van der Waals surface area contributed by atoms with Crippen molar-refractivity contribution in [3.8, 4) is 0 Å². The maximum atomic E-state index is 12.5. The number of nitrogens with zero attached hydrogens (tertiary/aromatic N) is 2. The number of benzene rings is 1. The topological polar surface area (TPSA) is 60.9 Å². The lowest BCUT2D eigenvalue weighted by molar-refractivity contribution is -0.155. The number of amides is 2. The normalized spacial score (nSPS) is 22.0. The van der Waals surface area contributed by atoms with Crippen LogP contribution in [-0.2, 0) is 16.0 Å². The van der Waals surface area contributed by atoms with Gasteiger partial charge in [-0.2, -0.15) is 0 Å². The van der Waals surface area contributed by atoms with Crippen LogP contribution >= 0.6 is 0 Å². The summed E-state index contributed by atoms with van der Waals surface area (Å²) in [6.45, 7) is 2.01. The number of aliphatic hydroxyl groups excluding tert-OH is 1. The van der Waals surface area contributed by atoms with Crippen LogP contribution in [0.25, 0.3) is 0 Å². The fourth-order valence-corrected chi connectivity index (χ4v) is 3.03. The molecule has 0 aromatic heterocycles. The quantitative estimate of drug-likeness (QED) is 0.885. The van der Waals surface area contributed by atoms with E-state index in [0.29, 0.717) is 13.0 Å². The first-order valence-corrected chi connectivity index (χ1v) is 7.75. The SMILES string of the molecule is C[C@H]1C(=O)N(C)C[C@H](CO)N1C(=O)CCCc1ccccc1. The number of likely N-dealkylation sites (N-methyl/N-ethyl adjacent to an activating group) is 1. The molecule has 0 radical (unpaired) electrons. The summed E-state index contributed by atoms with van der Waals surface area (Å²) in [6, 6.07) is 9.23. The van der Waals surface area contributed by atoms with Crippen LogP contribution in [0.3, 0.4) is 0 Å². The number of hydrogen-bond acceptors (Lipinski definition) is 3. The Hall–Kier alpha value is -1.88. The van der Waals surface area contributed by atoms with Gasteiger partial charge in [0.05, 0.1) is 12.6 Å². The predicted molar refractivity (Wildman–Crippen MR) is 84.2 cm³/mol. The average molecular weight is 304 g/mol. The molecule has 1 N–H and O–H groups in total. The number of aliphatic hydroxyl groups is 1. The number of rotatable bonds is 5. The lowest BCUT2D eigenvalue weighted by Gasteiger charge is -2.43. The number of aryl methyl sites for hydroxylation is 1. The third-order valence-electron chi connectivity index (χ3n) is 4.23. The zero-order valence-electron chi connectivity index (χ0n) is 13.2. The number of piperazine rings is 1. The molecule has 2 rings (SSSR count). The van der Waals surface area contributed by atoms with Crippen molar-refractivity contribution in [2.75, 3.05) is 20.2 Å². The molecule has 0 saturated carbocycles. The van der Waals surface area contributed by atoms with E-state index in [2.05, 4.69) is 0 Å². The molecule has 0 aliphatic carbocycles. The smallest absolute Gasteiger partial charge is 0.244 e. The summed E-state index contributed by atoms with van der Waals surface area (Å²) in [4.78, 5) is 27.7. The van der Waals surface area contributed by atoms with Crippen molar-refractivity contribution >= 4 is 11.8 Å². The molecule has 1 aromatic rings. The lowest BCUT2D eigenvalue weighted by atomic mass is 10.0. The zero-order chi connectivity index (χ0) is 16.1. The van der Waals surface area contributed by atoms with Crippen molar-refractivity contribution < 1.29 is 14.7 Å². The molecule has 1 heterocycles. The van der Waals surface area contributed by atoms with E-state index in [-0.39, 0.29) is 24.5 Å². The van der Waals surface area contributed by atoms with Crippen LogP contribution in [0.5, 0.6) is 0 Å². The molecule has 2 atom stereocenters. The molecule has 5 nitrogen and oxygen atoms in total. The first-order valence-electron chi connectivity index (χ1n) is 7.75. The van der Waals surface area contributed by atoms with Gasteiger partial charge >= 0.3 is 0 Å². The summed E-state index contributed by atoms with van der Waals surface area (Å²) in [5.74, 6) is -0.120. The third-order valence-corrected chi connectivity index (χ3v) is 4.23. The fourth-order valence-electron chi connectivity index (χ4n) is 3.03. The summed E-state index contributed by atoms with van der Waals surface area (Å²) in [5.41, 5.74) is 1.21. The zero-order valence-corrected chi connectivity index (χ0v) is 13.2. The second-order valence-corrected chi connectivity index (χ2v) is 5.87. The van der Waals surface area contributed by atoms with Gasteiger partial charge in [-0.3, -0.25) is 9.59 Å². The van der Waals surface area contributed by atoms with Gasteiger partial charge < -0.3 is 14.9 Å². The van der Waals surface area contributed by atoms with Crippen LogP contribution in [-0.4, -0.2) is 59.0 Å². The first kappa shape index (κ1) is 16.5. The van der Waals surface area contributed by atoms with Gasteiger partial charge in [0, 0.05) is 20.0 Å². The summed E-state index contributed by atoms with van der Waals surface area (Å²) < 4.78 is 0. The van der Waals surface area contributed by atoms with Crippen molar-refractivity contribution in [1.29, 1.82) is 0 Å². The monoisotopic (exact) mass is 304 g/mol.